The second-order valence-electron chi connectivity index (χ2n) is 5.56. The van der Waals surface area contributed by atoms with Crippen molar-refractivity contribution >= 4 is 0 Å². The maximum atomic E-state index is 5.81. The number of benzene rings is 1. The first-order chi connectivity index (χ1) is 10.8. The van der Waals surface area contributed by atoms with Crippen LogP contribution in [-0.2, 0) is 6.42 Å². The largest absolute Gasteiger partial charge is 0.490 e. The normalized spacial score (nSPS) is 15.6. The van der Waals surface area contributed by atoms with Gasteiger partial charge in [-0.2, -0.15) is 0 Å². The quantitative estimate of drug-likeness (QED) is 0.883. The van der Waals surface area contributed by atoms with Crippen LogP contribution in [-0.4, -0.2) is 25.2 Å². The summed E-state index contributed by atoms with van der Waals surface area (Å²) >= 11 is 0. The van der Waals surface area contributed by atoms with Crippen molar-refractivity contribution in [3.63, 3.8) is 0 Å². The zero-order chi connectivity index (χ0) is 15.4. The molecule has 3 rings (SSSR count). The molecule has 0 amide bonds. The summed E-state index contributed by atoms with van der Waals surface area (Å²) in [5.41, 5.74) is 4.06. The van der Waals surface area contributed by atoms with Crippen molar-refractivity contribution in [3.05, 3.63) is 58.9 Å². The van der Waals surface area contributed by atoms with E-state index in [4.69, 9.17) is 9.72 Å². The number of ether oxygens (including phenoxy) is 1. The first-order valence-corrected chi connectivity index (χ1v) is 7.66. The van der Waals surface area contributed by atoms with Crippen molar-refractivity contribution in [2.75, 3.05) is 20.2 Å². The van der Waals surface area contributed by atoms with Crippen LogP contribution in [0.3, 0.4) is 0 Å². The van der Waals surface area contributed by atoms with Crippen molar-refractivity contribution in [3.8, 4) is 17.6 Å². The van der Waals surface area contributed by atoms with Crippen LogP contribution in [0.25, 0.3) is 0 Å². The Morgan fingerprint density at radius 3 is 2.86 bits per heavy atom. The molecule has 0 radical (unpaired) electrons. The first-order valence-electron chi connectivity index (χ1n) is 7.66. The topological polar surface area (TPSA) is 34.2 Å². The van der Waals surface area contributed by atoms with Gasteiger partial charge >= 0.3 is 0 Å². The van der Waals surface area contributed by atoms with Gasteiger partial charge in [-0.15, -0.1) is 0 Å². The third kappa shape index (κ3) is 3.13. The van der Waals surface area contributed by atoms with Gasteiger partial charge in [0, 0.05) is 35.7 Å². The van der Waals surface area contributed by atoms with Crippen LogP contribution < -0.4 is 10.1 Å². The summed E-state index contributed by atoms with van der Waals surface area (Å²) in [7, 11) is 1.95. The van der Waals surface area contributed by atoms with Gasteiger partial charge in [-0.25, -0.2) is 4.98 Å². The van der Waals surface area contributed by atoms with E-state index in [0.29, 0.717) is 12.5 Å². The second kappa shape index (κ2) is 6.64. The van der Waals surface area contributed by atoms with Crippen molar-refractivity contribution in [2.45, 2.75) is 19.3 Å². The Morgan fingerprint density at radius 1 is 1.27 bits per heavy atom. The van der Waals surface area contributed by atoms with E-state index in [1.165, 1.54) is 5.56 Å². The molecule has 1 aromatic heterocycles. The van der Waals surface area contributed by atoms with E-state index < -0.39 is 0 Å². The van der Waals surface area contributed by atoms with Gasteiger partial charge in [-0.05, 0) is 31.2 Å². The lowest BCUT2D eigenvalue weighted by Crippen LogP contribution is -2.11. The molecule has 1 aliphatic rings. The van der Waals surface area contributed by atoms with Gasteiger partial charge in [0.15, 0.2) is 11.4 Å². The summed E-state index contributed by atoms with van der Waals surface area (Å²) in [6, 6.07) is 12.1. The molecule has 0 bridgehead atoms. The SMILES string of the molecule is CNCCc1cc2c(c(C#Cc3ccccc3)n1)OCC2C. The highest BCUT2D eigenvalue weighted by Gasteiger charge is 2.24. The number of nitrogens with zero attached hydrogens (tertiary/aromatic N) is 1. The summed E-state index contributed by atoms with van der Waals surface area (Å²) in [6.07, 6.45) is 0.899. The van der Waals surface area contributed by atoms with Gasteiger partial charge in [0.05, 0.1) is 6.61 Å². The lowest BCUT2D eigenvalue weighted by atomic mass is 10.0. The fourth-order valence-corrected chi connectivity index (χ4v) is 2.54. The summed E-state index contributed by atoms with van der Waals surface area (Å²) < 4.78 is 5.81. The van der Waals surface area contributed by atoms with E-state index in [0.717, 1.165) is 35.7 Å². The number of hydrogen-bond donors (Lipinski definition) is 1. The number of aromatic nitrogens is 1. The van der Waals surface area contributed by atoms with Crippen LogP contribution in [0, 0.1) is 11.8 Å². The Hall–Kier alpha value is -2.31. The highest BCUT2D eigenvalue weighted by Crippen LogP contribution is 2.36. The highest BCUT2D eigenvalue weighted by molar-refractivity contribution is 5.53. The third-order valence-electron chi connectivity index (χ3n) is 3.79. The minimum atomic E-state index is 0.406. The lowest BCUT2D eigenvalue weighted by molar-refractivity contribution is 0.335. The highest BCUT2D eigenvalue weighted by atomic mass is 16.5. The molecule has 1 unspecified atom stereocenters. The molecule has 0 aliphatic carbocycles. The minimum absolute atomic E-state index is 0.406. The second-order valence-corrected chi connectivity index (χ2v) is 5.56. The molecule has 112 valence electrons. The van der Waals surface area contributed by atoms with Gasteiger partial charge in [-0.1, -0.05) is 31.0 Å². The van der Waals surface area contributed by atoms with Gasteiger partial charge in [0.1, 0.15) is 0 Å². The van der Waals surface area contributed by atoms with Crippen LogP contribution in [0.2, 0.25) is 0 Å². The van der Waals surface area contributed by atoms with Gasteiger partial charge in [-0.3, -0.25) is 0 Å². The van der Waals surface area contributed by atoms with Crippen LogP contribution in [0.5, 0.6) is 5.75 Å². The number of likely N-dealkylation sites (N-methyl/N-ethyl adjacent to an activating group) is 1. The summed E-state index contributed by atoms with van der Waals surface area (Å²) in [4.78, 5) is 4.69. The molecule has 1 aromatic carbocycles. The summed E-state index contributed by atoms with van der Waals surface area (Å²) in [5, 5.41) is 3.17. The molecule has 2 heterocycles. The average Bonchev–Trinajstić information content (AvgIpc) is 2.93. The monoisotopic (exact) mass is 292 g/mol. The zero-order valence-electron chi connectivity index (χ0n) is 13.0. The number of pyridine rings is 1. The molecule has 3 nitrogen and oxygen atoms in total. The Bertz CT molecular complexity index is 713. The predicted molar refractivity (Wildman–Crippen MR) is 88.2 cm³/mol. The Labute approximate surface area is 131 Å². The number of rotatable bonds is 3. The molecular weight excluding hydrogens is 272 g/mol. The fraction of sp³-hybridized carbons (Fsp3) is 0.316. The molecular formula is C19H20N2O. The molecule has 3 heteroatoms. The number of hydrogen-bond acceptors (Lipinski definition) is 3. The fourth-order valence-electron chi connectivity index (χ4n) is 2.54. The van der Waals surface area contributed by atoms with E-state index in [-0.39, 0.29) is 0 Å². The molecule has 0 saturated carbocycles. The first kappa shape index (κ1) is 14.6. The summed E-state index contributed by atoms with van der Waals surface area (Å²) in [6.45, 7) is 3.81. The molecule has 2 aromatic rings. The molecule has 0 fully saturated rings. The number of fused-ring (bicyclic) bond motifs is 1. The maximum Gasteiger partial charge on any atom is 0.157 e. The van der Waals surface area contributed by atoms with E-state index in [1.807, 2.05) is 37.4 Å². The third-order valence-corrected chi connectivity index (χ3v) is 3.79. The minimum Gasteiger partial charge on any atom is -0.490 e. The average molecular weight is 292 g/mol. The van der Waals surface area contributed by atoms with E-state index in [1.54, 1.807) is 0 Å². The van der Waals surface area contributed by atoms with Crippen LogP contribution in [0.1, 0.15) is 35.4 Å². The maximum absolute atomic E-state index is 5.81. The van der Waals surface area contributed by atoms with E-state index in [9.17, 15) is 0 Å². The Kier molecular flexibility index (Phi) is 4.41. The molecule has 1 aliphatic heterocycles. The molecule has 0 saturated heterocycles. The zero-order valence-corrected chi connectivity index (χ0v) is 13.0. The smallest absolute Gasteiger partial charge is 0.157 e. The standard InChI is InChI=1S/C19H20N2O/c1-14-13-22-19-17(14)12-16(10-11-20-2)21-18(19)9-8-15-6-4-3-5-7-15/h3-7,12,14,20H,10-11,13H2,1-2H3. The van der Waals surface area contributed by atoms with Crippen molar-refractivity contribution < 1.29 is 4.74 Å². The number of nitrogens with one attached hydrogen (secondary N) is 1. The van der Waals surface area contributed by atoms with Gasteiger partial charge < -0.3 is 10.1 Å². The molecule has 22 heavy (non-hydrogen) atoms. The van der Waals surface area contributed by atoms with Crippen LogP contribution in [0.4, 0.5) is 0 Å². The van der Waals surface area contributed by atoms with Crippen LogP contribution >= 0.6 is 0 Å². The predicted octanol–water partition coefficient (Wildman–Crippen LogP) is 2.74. The molecule has 1 N–H and O–H groups in total. The van der Waals surface area contributed by atoms with Gasteiger partial charge in [0.25, 0.3) is 0 Å². The van der Waals surface area contributed by atoms with Crippen molar-refractivity contribution in [2.24, 2.45) is 0 Å². The summed E-state index contributed by atoms with van der Waals surface area (Å²) in [5.74, 6) is 7.64. The molecule has 1 atom stereocenters. The van der Waals surface area contributed by atoms with Crippen molar-refractivity contribution in [1.82, 2.24) is 10.3 Å². The molecule has 0 spiro atoms. The van der Waals surface area contributed by atoms with E-state index in [2.05, 4.69) is 30.1 Å². The Morgan fingerprint density at radius 2 is 2.09 bits per heavy atom. The van der Waals surface area contributed by atoms with E-state index >= 15 is 0 Å². The Balaban J connectivity index is 1.98. The van der Waals surface area contributed by atoms with Gasteiger partial charge in [0.2, 0.25) is 0 Å². The van der Waals surface area contributed by atoms with Crippen LogP contribution in [0.15, 0.2) is 36.4 Å². The lowest BCUT2D eigenvalue weighted by Gasteiger charge is -2.07. The van der Waals surface area contributed by atoms with Crippen molar-refractivity contribution in [1.29, 1.82) is 0 Å².